The lowest BCUT2D eigenvalue weighted by molar-refractivity contribution is -0.122. The second-order valence-corrected chi connectivity index (χ2v) is 3.03. The molecule has 0 saturated carbocycles. The Bertz CT molecular complexity index is 140. The molecule has 0 aromatic carbocycles. The summed E-state index contributed by atoms with van der Waals surface area (Å²) in [6.07, 6.45) is 2.66. The van der Waals surface area contributed by atoms with Gasteiger partial charge in [-0.2, -0.15) is 0 Å². The van der Waals surface area contributed by atoms with Crippen molar-refractivity contribution in [3.05, 3.63) is 0 Å². The minimum atomic E-state index is -0.434. The van der Waals surface area contributed by atoms with Crippen LogP contribution in [0, 0.1) is 0 Å². The summed E-state index contributed by atoms with van der Waals surface area (Å²) in [5.41, 5.74) is 5.59. The highest BCUT2D eigenvalue weighted by molar-refractivity contribution is 5.81. The molecule has 0 aromatic heterocycles. The van der Waals surface area contributed by atoms with Gasteiger partial charge in [-0.1, -0.05) is 13.3 Å². The highest BCUT2D eigenvalue weighted by Gasteiger charge is 2.11. The van der Waals surface area contributed by atoms with Gasteiger partial charge in [-0.25, -0.2) is 0 Å². The van der Waals surface area contributed by atoms with E-state index in [1.807, 2.05) is 0 Å². The third-order valence-electron chi connectivity index (χ3n) is 1.80. The summed E-state index contributed by atoms with van der Waals surface area (Å²) in [4.78, 5) is 11.2. The van der Waals surface area contributed by atoms with Crippen LogP contribution in [0.25, 0.3) is 0 Å². The van der Waals surface area contributed by atoms with Crippen LogP contribution in [0.1, 0.15) is 26.2 Å². The predicted octanol–water partition coefficient (Wildman–Crippen LogP) is 0.267. The first-order valence-corrected chi connectivity index (χ1v) is 4.74. The highest BCUT2D eigenvalue weighted by Crippen LogP contribution is 1.89. The van der Waals surface area contributed by atoms with Gasteiger partial charge in [-0.05, 0) is 12.8 Å². The van der Waals surface area contributed by atoms with Gasteiger partial charge in [0, 0.05) is 20.3 Å². The number of unbranched alkanes of at least 4 members (excludes halogenated alkanes) is 1. The Labute approximate surface area is 79.8 Å². The van der Waals surface area contributed by atoms with Crippen molar-refractivity contribution >= 4 is 5.91 Å². The molecule has 13 heavy (non-hydrogen) atoms. The zero-order valence-electron chi connectivity index (χ0n) is 8.51. The number of methoxy groups -OCH3 is 1. The molecule has 0 aliphatic heterocycles. The maximum Gasteiger partial charge on any atom is 0.237 e. The van der Waals surface area contributed by atoms with Crippen molar-refractivity contribution in [2.24, 2.45) is 5.73 Å². The first kappa shape index (κ1) is 12.4. The standard InChI is InChI=1S/C9H20N2O2/c1-3-4-6-11-9(12)8(10)5-7-13-2/h8H,3-7,10H2,1-2H3,(H,11,12). The molecule has 4 heteroatoms. The Morgan fingerprint density at radius 1 is 1.62 bits per heavy atom. The van der Waals surface area contributed by atoms with Crippen LogP contribution in [-0.2, 0) is 9.53 Å². The van der Waals surface area contributed by atoms with Gasteiger partial charge in [-0.3, -0.25) is 4.79 Å². The van der Waals surface area contributed by atoms with Crippen LogP contribution in [-0.4, -0.2) is 32.2 Å². The third-order valence-corrected chi connectivity index (χ3v) is 1.80. The van der Waals surface area contributed by atoms with Crippen molar-refractivity contribution < 1.29 is 9.53 Å². The van der Waals surface area contributed by atoms with Crippen molar-refractivity contribution in [3.8, 4) is 0 Å². The van der Waals surface area contributed by atoms with Gasteiger partial charge in [0.1, 0.15) is 0 Å². The van der Waals surface area contributed by atoms with Crippen LogP contribution < -0.4 is 11.1 Å². The minimum absolute atomic E-state index is 0.0782. The molecule has 0 radical (unpaired) electrons. The zero-order valence-corrected chi connectivity index (χ0v) is 8.51. The van der Waals surface area contributed by atoms with Gasteiger partial charge >= 0.3 is 0 Å². The number of nitrogens with one attached hydrogen (secondary N) is 1. The summed E-state index contributed by atoms with van der Waals surface area (Å²) in [7, 11) is 1.60. The average Bonchev–Trinajstić information content (AvgIpc) is 2.14. The molecule has 4 nitrogen and oxygen atoms in total. The molecule has 0 aliphatic carbocycles. The Hall–Kier alpha value is -0.610. The van der Waals surface area contributed by atoms with Crippen LogP contribution in [0.15, 0.2) is 0 Å². The van der Waals surface area contributed by atoms with Crippen LogP contribution in [0.5, 0.6) is 0 Å². The van der Waals surface area contributed by atoms with E-state index in [2.05, 4.69) is 12.2 Å². The largest absolute Gasteiger partial charge is 0.385 e. The number of nitrogens with two attached hydrogens (primary N) is 1. The van der Waals surface area contributed by atoms with E-state index in [0.29, 0.717) is 13.0 Å². The van der Waals surface area contributed by atoms with Crippen molar-refractivity contribution in [1.82, 2.24) is 5.32 Å². The first-order valence-electron chi connectivity index (χ1n) is 4.74. The molecule has 3 N–H and O–H groups in total. The van der Waals surface area contributed by atoms with Crippen molar-refractivity contribution in [2.45, 2.75) is 32.2 Å². The lowest BCUT2D eigenvalue weighted by atomic mass is 10.2. The summed E-state index contributed by atoms with van der Waals surface area (Å²) in [5, 5.41) is 2.77. The number of amides is 1. The smallest absolute Gasteiger partial charge is 0.237 e. The molecule has 0 spiro atoms. The summed E-state index contributed by atoms with van der Waals surface area (Å²) < 4.78 is 4.83. The fourth-order valence-electron chi connectivity index (χ4n) is 0.895. The summed E-state index contributed by atoms with van der Waals surface area (Å²) in [5.74, 6) is -0.0782. The fourth-order valence-corrected chi connectivity index (χ4v) is 0.895. The molecule has 1 unspecified atom stereocenters. The zero-order chi connectivity index (χ0) is 10.1. The molecule has 0 aliphatic rings. The summed E-state index contributed by atoms with van der Waals surface area (Å²) in [6, 6.07) is -0.434. The van der Waals surface area contributed by atoms with Gasteiger partial charge in [-0.15, -0.1) is 0 Å². The normalized spacial score (nSPS) is 12.5. The molecule has 78 valence electrons. The molecule has 0 fully saturated rings. The maximum absolute atomic E-state index is 11.2. The second-order valence-electron chi connectivity index (χ2n) is 3.03. The highest BCUT2D eigenvalue weighted by atomic mass is 16.5. The summed E-state index contributed by atoms with van der Waals surface area (Å²) >= 11 is 0. The lowest BCUT2D eigenvalue weighted by Gasteiger charge is -2.10. The monoisotopic (exact) mass is 188 g/mol. The topological polar surface area (TPSA) is 64.4 Å². The lowest BCUT2D eigenvalue weighted by Crippen LogP contribution is -2.41. The molecule has 0 aromatic rings. The van der Waals surface area contributed by atoms with E-state index in [1.54, 1.807) is 7.11 Å². The van der Waals surface area contributed by atoms with Gasteiger partial charge in [0.05, 0.1) is 6.04 Å². The molecule has 0 bridgehead atoms. The minimum Gasteiger partial charge on any atom is -0.385 e. The molecule has 0 saturated heterocycles. The molecular formula is C9H20N2O2. The van der Waals surface area contributed by atoms with Gasteiger partial charge in [0.15, 0.2) is 0 Å². The molecule has 0 rings (SSSR count). The van der Waals surface area contributed by atoms with Crippen molar-refractivity contribution in [3.63, 3.8) is 0 Å². The van der Waals surface area contributed by atoms with Gasteiger partial charge < -0.3 is 15.8 Å². The van der Waals surface area contributed by atoms with Crippen molar-refractivity contribution in [2.75, 3.05) is 20.3 Å². The fraction of sp³-hybridized carbons (Fsp3) is 0.889. The number of carbonyl (C=O) groups excluding carboxylic acids is 1. The van der Waals surface area contributed by atoms with E-state index < -0.39 is 6.04 Å². The summed E-state index contributed by atoms with van der Waals surface area (Å²) in [6.45, 7) is 3.33. The van der Waals surface area contributed by atoms with Crippen LogP contribution in [0.2, 0.25) is 0 Å². The van der Waals surface area contributed by atoms with Crippen LogP contribution in [0.4, 0.5) is 0 Å². The van der Waals surface area contributed by atoms with Crippen molar-refractivity contribution in [1.29, 1.82) is 0 Å². The van der Waals surface area contributed by atoms with Gasteiger partial charge in [0.2, 0.25) is 5.91 Å². The van der Waals surface area contributed by atoms with E-state index in [0.717, 1.165) is 19.4 Å². The first-order chi connectivity index (χ1) is 6.22. The van der Waals surface area contributed by atoms with Crippen LogP contribution >= 0.6 is 0 Å². The Balaban J connectivity index is 3.45. The SMILES string of the molecule is CCCCNC(=O)C(N)CCOC. The predicted molar refractivity (Wildman–Crippen MR) is 52.4 cm³/mol. The molecule has 1 amide bonds. The average molecular weight is 188 g/mol. The number of carbonyl (C=O) groups is 1. The second kappa shape index (κ2) is 8.01. The van der Waals surface area contributed by atoms with E-state index in [-0.39, 0.29) is 5.91 Å². The molecule has 1 atom stereocenters. The Morgan fingerprint density at radius 3 is 2.85 bits per heavy atom. The maximum atomic E-state index is 11.2. The number of hydrogen-bond donors (Lipinski definition) is 2. The van der Waals surface area contributed by atoms with Gasteiger partial charge in [0.25, 0.3) is 0 Å². The quantitative estimate of drug-likeness (QED) is 0.563. The van der Waals surface area contributed by atoms with Crippen LogP contribution in [0.3, 0.4) is 0 Å². The van der Waals surface area contributed by atoms with E-state index in [1.165, 1.54) is 0 Å². The molecule has 0 heterocycles. The number of rotatable bonds is 7. The number of hydrogen-bond acceptors (Lipinski definition) is 3. The Kier molecular flexibility index (Phi) is 7.63. The number of ether oxygens (including phenoxy) is 1. The van der Waals surface area contributed by atoms with E-state index in [9.17, 15) is 4.79 Å². The Morgan fingerprint density at radius 2 is 2.31 bits per heavy atom. The van der Waals surface area contributed by atoms with E-state index in [4.69, 9.17) is 10.5 Å². The molecular weight excluding hydrogens is 168 g/mol. The van der Waals surface area contributed by atoms with E-state index >= 15 is 0 Å². The third kappa shape index (κ3) is 6.54.